The lowest BCUT2D eigenvalue weighted by molar-refractivity contribution is -0.384. The Balaban J connectivity index is 1.75. The van der Waals surface area contributed by atoms with E-state index in [2.05, 4.69) is 5.32 Å². The first-order valence-corrected chi connectivity index (χ1v) is 9.15. The highest BCUT2D eigenvalue weighted by Crippen LogP contribution is 2.32. The molecule has 144 valence electrons. The summed E-state index contributed by atoms with van der Waals surface area (Å²) in [6, 6.07) is 11.3. The molecule has 2 aromatic carbocycles. The van der Waals surface area contributed by atoms with Crippen LogP contribution in [0.25, 0.3) is 6.08 Å². The molecule has 3 rings (SSSR count). The molecule has 1 fully saturated rings. The molecular formula is C19H16N2O6S. The molecule has 1 N–H and O–H groups in total. The maximum Gasteiger partial charge on any atom is 0.290 e. The molecular weight excluding hydrogens is 384 g/mol. The fraction of sp³-hybridized carbons (Fsp3) is 0.158. The molecule has 1 aliphatic heterocycles. The molecule has 28 heavy (non-hydrogen) atoms. The second kappa shape index (κ2) is 8.57. The summed E-state index contributed by atoms with van der Waals surface area (Å²) in [5.74, 6) is 0.571. The highest BCUT2D eigenvalue weighted by molar-refractivity contribution is 8.18. The minimum atomic E-state index is -0.457. The van der Waals surface area contributed by atoms with Crippen molar-refractivity contribution in [2.75, 3.05) is 6.61 Å². The van der Waals surface area contributed by atoms with Crippen molar-refractivity contribution in [2.45, 2.75) is 13.5 Å². The summed E-state index contributed by atoms with van der Waals surface area (Å²) < 4.78 is 11.4. The van der Waals surface area contributed by atoms with Gasteiger partial charge >= 0.3 is 0 Å². The molecule has 0 bridgehead atoms. The van der Waals surface area contributed by atoms with Gasteiger partial charge in [0.1, 0.15) is 6.61 Å². The first-order valence-electron chi connectivity index (χ1n) is 8.34. The lowest BCUT2D eigenvalue weighted by atomic mass is 10.1. The second-order valence-corrected chi connectivity index (χ2v) is 6.72. The van der Waals surface area contributed by atoms with Gasteiger partial charge in [-0.2, -0.15) is 0 Å². The highest BCUT2D eigenvalue weighted by Gasteiger charge is 2.25. The minimum absolute atomic E-state index is 0.0171. The Morgan fingerprint density at radius 1 is 1.11 bits per heavy atom. The standard InChI is InChI=1S/C19H16N2O6S/c1-2-26-16-9-13(10-17-18(22)20-19(23)28-17)5-8-15(16)27-11-12-3-6-14(7-4-12)21(24)25/h3-10H,2,11H2,1H3,(H,20,22,23)/b17-10-. The number of hydrogen-bond acceptors (Lipinski definition) is 7. The summed E-state index contributed by atoms with van der Waals surface area (Å²) in [5, 5.41) is 12.5. The summed E-state index contributed by atoms with van der Waals surface area (Å²) in [4.78, 5) is 33.5. The zero-order valence-corrected chi connectivity index (χ0v) is 15.7. The van der Waals surface area contributed by atoms with Crippen molar-refractivity contribution in [3.63, 3.8) is 0 Å². The molecule has 1 aliphatic rings. The van der Waals surface area contributed by atoms with Crippen LogP contribution in [0, 0.1) is 10.1 Å². The van der Waals surface area contributed by atoms with Gasteiger partial charge in [-0.25, -0.2) is 0 Å². The Kier molecular flexibility index (Phi) is 5.95. The van der Waals surface area contributed by atoms with Gasteiger partial charge in [-0.1, -0.05) is 6.07 Å². The van der Waals surface area contributed by atoms with Crippen LogP contribution in [0.15, 0.2) is 47.4 Å². The van der Waals surface area contributed by atoms with E-state index in [0.717, 1.165) is 17.3 Å². The number of hydrogen-bond donors (Lipinski definition) is 1. The maximum atomic E-state index is 11.7. The van der Waals surface area contributed by atoms with E-state index in [-0.39, 0.29) is 12.3 Å². The van der Waals surface area contributed by atoms with E-state index in [1.165, 1.54) is 12.1 Å². The summed E-state index contributed by atoms with van der Waals surface area (Å²) in [5.41, 5.74) is 1.48. The fourth-order valence-corrected chi connectivity index (χ4v) is 3.13. The first kappa shape index (κ1) is 19.4. The zero-order valence-electron chi connectivity index (χ0n) is 14.8. The van der Waals surface area contributed by atoms with Crippen molar-refractivity contribution in [1.82, 2.24) is 5.32 Å². The first-order chi connectivity index (χ1) is 13.5. The Morgan fingerprint density at radius 3 is 2.46 bits per heavy atom. The number of amides is 2. The number of carbonyl (C=O) groups excluding carboxylic acids is 2. The molecule has 1 heterocycles. The number of non-ortho nitro benzene ring substituents is 1. The minimum Gasteiger partial charge on any atom is -0.490 e. The number of thioether (sulfide) groups is 1. The molecule has 1 saturated heterocycles. The van der Waals surface area contributed by atoms with Crippen LogP contribution in [0.1, 0.15) is 18.1 Å². The number of nitro groups is 1. The van der Waals surface area contributed by atoms with Gasteiger partial charge in [0, 0.05) is 12.1 Å². The van der Waals surface area contributed by atoms with E-state index < -0.39 is 16.1 Å². The molecule has 0 unspecified atom stereocenters. The monoisotopic (exact) mass is 400 g/mol. The SMILES string of the molecule is CCOc1cc(/C=C2\SC(=O)NC2=O)ccc1OCc1ccc([N+](=O)[O-])cc1. The van der Waals surface area contributed by atoms with Crippen molar-refractivity contribution in [2.24, 2.45) is 0 Å². The van der Waals surface area contributed by atoms with Crippen molar-refractivity contribution in [1.29, 1.82) is 0 Å². The lowest BCUT2D eigenvalue weighted by Crippen LogP contribution is -2.17. The van der Waals surface area contributed by atoms with Gasteiger partial charge in [0.25, 0.3) is 16.8 Å². The van der Waals surface area contributed by atoms with Crippen molar-refractivity contribution < 1.29 is 24.0 Å². The van der Waals surface area contributed by atoms with Crippen LogP contribution in [0.4, 0.5) is 10.5 Å². The Morgan fingerprint density at radius 2 is 1.86 bits per heavy atom. The van der Waals surface area contributed by atoms with Crippen LogP contribution in [0.5, 0.6) is 11.5 Å². The third-order valence-electron chi connectivity index (χ3n) is 3.75. The number of rotatable bonds is 7. The van der Waals surface area contributed by atoms with Crippen LogP contribution < -0.4 is 14.8 Å². The summed E-state index contributed by atoms with van der Waals surface area (Å²) in [6.07, 6.45) is 1.60. The van der Waals surface area contributed by atoms with Crippen LogP contribution in [0.2, 0.25) is 0 Å². The Bertz CT molecular complexity index is 955. The van der Waals surface area contributed by atoms with E-state index in [1.54, 1.807) is 36.4 Å². The molecule has 2 aromatic rings. The van der Waals surface area contributed by atoms with Crippen LogP contribution >= 0.6 is 11.8 Å². The number of nitro benzene ring substituents is 1. The van der Waals surface area contributed by atoms with Gasteiger partial charge in [0.05, 0.1) is 16.4 Å². The molecule has 0 radical (unpaired) electrons. The van der Waals surface area contributed by atoms with E-state index >= 15 is 0 Å². The maximum absolute atomic E-state index is 11.7. The van der Waals surface area contributed by atoms with Gasteiger partial charge in [0.15, 0.2) is 11.5 Å². The molecule has 0 aromatic heterocycles. The van der Waals surface area contributed by atoms with E-state index in [4.69, 9.17) is 9.47 Å². The molecule has 2 amide bonds. The van der Waals surface area contributed by atoms with Gasteiger partial charge in [-0.3, -0.25) is 25.0 Å². The smallest absolute Gasteiger partial charge is 0.290 e. The number of imide groups is 1. The van der Waals surface area contributed by atoms with E-state index in [1.807, 2.05) is 6.92 Å². The van der Waals surface area contributed by atoms with Gasteiger partial charge in [-0.05, 0) is 60.2 Å². The normalized spacial score (nSPS) is 14.8. The lowest BCUT2D eigenvalue weighted by Gasteiger charge is -2.13. The summed E-state index contributed by atoms with van der Waals surface area (Å²) >= 11 is 0.844. The third-order valence-corrected chi connectivity index (χ3v) is 4.56. The zero-order chi connectivity index (χ0) is 20.1. The predicted molar refractivity (Wildman–Crippen MR) is 104 cm³/mol. The fourth-order valence-electron chi connectivity index (χ4n) is 2.45. The molecule has 0 spiro atoms. The molecule has 0 saturated carbocycles. The van der Waals surface area contributed by atoms with E-state index in [0.29, 0.717) is 28.6 Å². The third kappa shape index (κ3) is 4.68. The van der Waals surface area contributed by atoms with Gasteiger partial charge in [0.2, 0.25) is 0 Å². The second-order valence-electron chi connectivity index (χ2n) is 5.70. The van der Waals surface area contributed by atoms with Crippen molar-refractivity contribution in [3.05, 3.63) is 68.6 Å². The van der Waals surface area contributed by atoms with E-state index in [9.17, 15) is 19.7 Å². The molecule has 8 nitrogen and oxygen atoms in total. The molecule has 0 aliphatic carbocycles. The number of ether oxygens (including phenoxy) is 2. The summed E-state index contributed by atoms with van der Waals surface area (Å²) in [7, 11) is 0. The highest BCUT2D eigenvalue weighted by atomic mass is 32.2. The number of nitrogens with one attached hydrogen (secondary N) is 1. The quantitative estimate of drug-likeness (QED) is 0.427. The number of benzene rings is 2. The molecule has 9 heteroatoms. The van der Waals surface area contributed by atoms with Crippen LogP contribution in [-0.2, 0) is 11.4 Å². The van der Waals surface area contributed by atoms with Gasteiger partial charge in [-0.15, -0.1) is 0 Å². The average Bonchev–Trinajstić information content (AvgIpc) is 2.98. The van der Waals surface area contributed by atoms with Gasteiger partial charge < -0.3 is 9.47 Å². The number of nitrogens with zero attached hydrogens (tertiary/aromatic N) is 1. The topological polar surface area (TPSA) is 108 Å². The Hall–Kier alpha value is -3.33. The summed E-state index contributed by atoms with van der Waals surface area (Å²) in [6.45, 7) is 2.47. The Labute approximate surface area is 164 Å². The molecule has 0 atom stereocenters. The largest absolute Gasteiger partial charge is 0.490 e. The van der Waals surface area contributed by atoms with Crippen LogP contribution in [-0.4, -0.2) is 22.7 Å². The predicted octanol–water partition coefficient (Wildman–Crippen LogP) is 3.90. The number of carbonyl (C=O) groups is 2. The average molecular weight is 400 g/mol. The van der Waals surface area contributed by atoms with Crippen molar-refractivity contribution in [3.8, 4) is 11.5 Å². The van der Waals surface area contributed by atoms with Crippen molar-refractivity contribution >= 4 is 34.7 Å². The van der Waals surface area contributed by atoms with Crippen LogP contribution in [0.3, 0.4) is 0 Å².